The fourth-order valence-corrected chi connectivity index (χ4v) is 10.9. The van der Waals surface area contributed by atoms with E-state index in [1.165, 1.54) is 30.2 Å². The fourth-order valence-electron chi connectivity index (χ4n) is 10.6. The third kappa shape index (κ3) is 8.77. The predicted octanol–water partition coefficient (Wildman–Crippen LogP) is 8.05. The minimum Gasteiger partial charge on any atom is -0.494 e. The van der Waals surface area contributed by atoms with Gasteiger partial charge in [-0.3, -0.25) is 29.3 Å². The Hall–Kier alpha value is -6.26. The first-order valence-corrected chi connectivity index (χ1v) is 23.4. The van der Waals surface area contributed by atoms with Crippen LogP contribution in [-0.2, 0) is 22.2 Å². The quantitative estimate of drug-likeness (QED) is 0.0781. The molecule has 2 atom stereocenters. The van der Waals surface area contributed by atoms with Gasteiger partial charge in [-0.25, -0.2) is 13.6 Å². The predicted molar refractivity (Wildman–Crippen MR) is 251 cm³/mol. The second kappa shape index (κ2) is 18.8. The third-order valence-electron chi connectivity index (χ3n) is 14.4. The van der Waals surface area contributed by atoms with Crippen molar-refractivity contribution in [2.75, 3.05) is 37.0 Å². The number of nitrogens with zero attached hydrogens (tertiary/aromatic N) is 3. The Morgan fingerprint density at radius 2 is 1.70 bits per heavy atom. The Bertz CT molecular complexity index is 2740. The molecule has 9 rings (SSSR count). The minimum atomic E-state index is -1.07. The molecular formula is C50H55ClF2N8O6. The first-order valence-electron chi connectivity index (χ1n) is 23.0. The molecular weight excluding hydrogens is 882 g/mol. The average molecular weight is 937 g/mol. The van der Waals surface area contributed by atoms with E-state index < -0.39 is 35.1 Å². The molecule has 1 saturated heterocycles. The number of halogens is 3. The number of fused-ring (bicyclic) bond motifs is 2. The van der Waals surface area contributed by atoms with Crippen molar-refractivity contribution in [3.63, 3.8) is 0 Å². The van der Waals surface area contributed by atoms with Crippen molar-refractivity contribution in [1.82, 2.24) is 25.7 Å². The number of rotatable bonds is 13. The lowest BCUT2D eigenvalue weighted by Gasteiger charge is -2.37. The van der Waals surface area contributed by atoms with Gasteiger partial charge in [0.15, 0.2) is 23.0 Å². The van der Waals surface area contributed by atoms with E-state index in [0.717, 1.165) is 80.1 Å². The number of aromatic nitrogens is 2. The summed E-state index contributed by atoms with van der Waals surface area (Å²) in [6.45, 7) is 3.33. The number of carbonyl (C=O) groups is 4. The zero-order chi connectivity index (χ0) is 47.1. The van der Waals surface area contributed by atoms with E-state index in [2.05, 4.69) is 26.4 Å². The first-order chi connectivity index (χ1) is 32.3. The van der Waals surface area contributed by atoms with Crippen LogP contribution in [0.15, 0.2) is 66.7 Å². The summed E-state index contributed by atoms with van der Waals surface area (Å²) < 4.78 is 45.7. The number of hydrogen-bond acceptors (Lipinski definition) is 9. The van der Waals surface area contributed by atoms with Crippen molar-refractivity contribution >= 4 is 57.8 Å². The van der Waals surface area contributed by atoms with Crippen LogP contribution < -0.4 is 41.4 Å². The van der Waals surface area contributed by atoms with E-state index in [-0.39, 0.29) is 76.0 Å². The first kappa shape index (κ1) is 45.9. The Balaban J connectivity index is 0.796. The monoisotopic (exact) mass is 936 g/mol. The molecule has 2 unspecified atom stereocenters. The van der Waals surface area contributed by atoms with E-state index in [0.29, 0.717) is 23.8 Å². The van der Waals surface area contributed by atoms with Crippen LogP contribution in [0, 0.1) is 23.5 Å². The summed E-state index contributed by atoms with van der Waals surface area (Å²) in [5.41, 5.74) is 7.34. The average Bonchev–Trinajstić information content (AvgIpc) is 3.80. The molecule has 0 bridgehead atoms. The van der Waals surface area contributed by atoms with Crippen LogP contribution >= 0.6 is 11.6 Å². The number of benzene rings is 4. The summed E-state index contributed by atoms with van der Waals surface area (Å²) in [5.74, 6) is -2.40. The summed E-state index contributed by atoms with van der Waals surface area (Å²) >= 11 is 6.68. The molecule has 0 radical (unpaired) electrons. The number of nitrogens with one attached hydrogen (secondary N) is 4. The number of imide groups is 1. The standard InChI is InChI=1S/C50H55ClF2N8O6/c1-27-41-39(24-36(52)44(51)43(41)42-35(46(54)63)19-20-38(66-3)45(42)53)67-50(27,30-7-5-4-6-8-30)26-56-31-15-11-29(12-16-31)48(64)57-32-13-9-28(10-14-32)25-55-33-17-18-34-37(23-33)60(2)59-47(34)61-22-21-40(62)58-49(61)65/h4-8,17-20,23-24,27-29,31-32,55-56H,9-16,21-22,25-26H2,1-3H3,(H2,54,63)(H,57,64)(H,58,62,65). The zero-order valence-electron chi connectivity index (χ0n) is 37.7. The molecule has 3 heterocycles. The van der Waals surface area contributed by atoms with Crippen molar-refractivity contribution < 1.29 is 37.4 Å². The number of nitrogens with two attached hydrogens (primary N) is 1. The normalized spacial score (nSPS) is 23.9. The number of carbonyl (C=O) groups excluding carboxylic acids is 4. The number of hydrogen-bond donors (Lipinski definition) is 5. The van der Waals surface area contributed by atoms with Crippen LogP contribution in [0.4, 0.5) is 25.1 Å². The number of amides is 5. The van der Waals surface area contributed by atoms with E-state index in [1.54, 1.807) is 4.68 Å². The fraction of sp³-hybridized carbons (Fsp3) is 0.420. The highest BCUT2D eigenvalue weighted by atomic mass is 35.5. The molecule has 4 aliphatic rings. The second-order valence-electron chi connectivity index (χ2n) is 18.4. The Labute approximate surface area is 392 Å². The zero-order valence-corrected chi connectivity index (χ0v) is 38.5. The van der Waals surface area contributed by atoms with E-state index in [9.17, 15) is 19.2 Å². The van der Waals surface area contributed by atoms with Gasteiger partial charge in [0.25, 0.3) is 0 Å². The van der Waals surface area contributed by atoms with Crippen LogP contribution in [0.3, 0.4) is 0 Å². The van der Waals surface area contributed by atoms with Gasteiger partial charge in [0.1, 0.15) is 11.6 Å². The van der Waals surface area contributed by atoms with Crippen LogP contribution in [0.1, 0.15) is 92.1 Å². The molecule has 2 saturated carbocycles. The lowest BCUT2D eigenvalue weighted by Crippen LogP contribution is -2.49. The molecule has 2 aliphatic heterocycles. The van der Waals surface area contributed by atoms with Crippen molar-refractivity contribution in [2.45, 2.75) is 88.3 Å². The largest absolute Gasteiger partial charge is 0.494 e. The molecule has 4 aromatic carbocycles. The second-order valence-corrected chi connectivity index (χ2v) is 18.8. The van der Waals surface area contributed by atoms with Gasteiger partial charge in [-0.1, -0.05) is 48.9 Å². The van der Waals surface area contributed by atoms with Gasteiger partial charge in [-0.05, 0) is 93.2 Å². The van der Waals surface area contributed by atoms with Crippen LogP contribution in [0.25, 0.3) is 22.0 Å². The van der Waals surface area contributed by atoms with Crippen LogP contribution in [-0.4, -0.2) is 72.4 Å². The van der Waals surface area contributed by atoms with E-state index in [1.807, 2.05) is 62.5 Å². The molecule has 352 valence electrons. The van der Waals surface area contributed by atoms with Crippen molar-refractivity contribution in [3.8, 4) is 22.6 Å². The van der Waals surface area contributed by atoms with Crippen molar-refractivity contribution in [1.29, 1.82) is 0 Å². The highest BCUT2D eigenvalue weighted by molar-refractivity contribution is 6.34. The molecule has 0 spiro atoms. The topological polar surface area (TPSA) is 182 Å². The summed E-state index contributed by atoms with van der Waals surface area (Å²) in [6.07, 6.45) is 7.01. The van der Waals surface area contributed by atoms with Gasteiger partial charge >= 0.3 is 6.03 Å². The van der Waals surface area contributed by atoms with Gasteiger partial charge < -0.3 is 31.2 Å². The van der Waals surface area contributed by atoms with Crippen LogP contribution in [0.5, 0.6) is 11.5 Å². The molecule has 1 aromatic heterocycles. The number of ether oxygens (including phenoxy) is 2. The Morgan fingerprint density at radius 3 is 2.40 bits per heavy atom. The maximum absolute atomic E-state index is 16.2. The van der Waals surface area contributed by atoms with Gasteiger partial charge in [0.2, 0.25) is 17.7 Å². The number of urea groups is 1. The van der Waals surface area contributed by atoms with Crippen molar-refractivity contribution in [2.24, 2.45) is 24.6 Å². The highest BCUT2D eigenvalue weighted by Gasteiger charge is 2.50. The number of primary amides is 1. The highest BCUT2D eigenvalue weighted by Crippen LogP contribution is 2.56. The summed E-state index contributed by atoms with van der Waals surface area (Å²) in [5, 5.41) is 18.1. The number of anilines is 2. The number of methoxy groups -OCH3 is 1. The Morgan fingerprint density at radius 1 is 0.970 bits per heavy atom. The Kier molecular flexibility index (Phi) is 12.9. The summed E-state index contributed by atoms with van der Waals surface area (Å²) in [7, 11) is 3.14. The molecule has 67 heavy (non-hydrogen) atoms. The van der Waals surface area contributed by atoms with Gasteiger partial charge in [0, 0.05) is 90.9 Å². The lowest BCUT2D eigenvalue weighted by atomic mass is 9.77. The third-order valence-corrected chi connectivity index (χ3v) is 14.8. The maximum atomic E-state index is 16.2. The molecule has 5 aromatic rings. The van der Waals surface area contributed by atoms with E-state index in [4.69, 9.17) is 26.8 Å². The van der Waals surface area contributed by atoms with Gasteiger partial charge in [-0.15, -0.1) is 0 Å². The van der Waals surface area contributed by atoms with Gasteiger partial charge in [0.05, 0.1) is 23.2 Å². The maximum Gasteiger partial charge on any atom is 0.329 e. The molecule has 14 nitrogen and oxygen atoms in total. The van der Waals surface area contributed by atoms with E-state index >= 15 is 8.78 Å². The minimum absolute atomic E-state index is 0.00817. The van der Waals surface area contributed by atoms with Gasteiger partial charge in [-0.2, -0.15) is 5.10 Å². The molecule has 17 heteroatoms. The molecule has 5 amide bonds. The number of aryl methyl sites for hydroxylation is 1. The SMILES string of the molecule is COc1ccc(C(N)=O)c(-c2c(Cl)c(F)cc3c2C(C)C(CNC2CCC(C(=O)NC4CCC(CNc5ccc6c(N7CCC(=O)NC7=O)nn(C)c6c5)CC4)CC2)(c2ccccc2)O3)c1F. The molecule has 6 N–H and O–H groups in total. The molecule has 2 aliphatic carbocycles. The summed E-state index contributed by atoms with van der Waals surface area (Å²) in [6, 6.07) is 19.2. The summed E-state index contributed by atoms with van der Waals surface area (Å²) in [4.78, 5) is 51.9. The molecule has 3 fully saturated rings. The van der Waals surface area contributed by atoms with Crippen LogP contribution in [0.2, 0.25) is 5.02 Å². The lowest BCUT2D eigenvalue weighted by molar-refractivity contribution is -0.127. The van der Waals surface area contributed by atoms with Crippen molar-refractivity contribution in [3.05, 3.63) is 100 Å². The smallest absolute Gasteiger partial charge is 0.329 e.